The number of hydrogen-bond donors (Lipinski definition) is 0. The lowest BCUT2D eigenvalue weighted by molar-refractivity contribution is -0.139. The number of carbonyl (C=O) groups excluding carboxylic acids is 3. The van der Waals surface area contributed by atoms with Crippen molar-refractivity contribution in [3.63, 3.8) is 0 Å². The van der Waals surface area contributed by atoms with Gasteiger partial charge in [0.05, 0.1) is 18.1 Å². The van der Waals surface area contributed by atoms with E-state index in [1.807, 2.05) is 42.5 Å². The number of morpholine rings is 1. The zero-order valence-electron chi connectivity index (χ0n) is 19.0. The molecule has 5 rings (SSSR count). The number of amides is 3. The second-order valence-corrected chi connectivity index (χ2v) is 9.26. The van der Waals surface area contributed by atoms with Gasteiger partial charge in [-0.25, -0.2) is 0 Å². The molecule has 0 N–H and O–H groups in total. The first-order valence-electron chi connectivity index (χ1n) is 11.4. The van der Waals surface area contributed by atoms with Crippen molar-refractivity contribution in [1.82, 2.24) is 9.80 Å². The van der Waals surface area contributed by atoms with Gasteiger partial charge >= 0.3 is 0 Å². The van der Waals surface area contributed by atoms with E-state index < -0.39 is 11.1 Å². The second-order valence-electron chi connectivity index (χ2n) is 8.27. The fourth-order valence-electron chi connectivity index (χ4n) is 4.05. The first-order valence-corrected chi connectivity index (χ1v) is 12.2. The van der Waals surface area contributed by atoms with Crippen LogP contribution in [-0.2, 0) is 20.9 Å². The van der Waals surface area contributed by atoms with Crippen molar-refractivity contribution in [2.75, 3.05) is 32.8 Å². The van der Waals surface area contributed by atoms with E-state index in [0.717, 1.165) is 27.6 Å². The van der Waals surface area contributed by atoms with Gasteiger partial charge in [0.25, 0.3) is 11.1 Å². The molecule has 0 aliphatic carbocycles. The van der Waals surface area contributed by atoms with E-state index in [1.165, 1.54) is 5.39 Å². The zero-order valence-corrected chi connectivity index (χ0v) is 19.8. The van der Waals surface area contributed by atoms with Crippen LogP contribution >= 0.6 is 11.8 Å². The molecule has 35 heavy (non-hydrogen) atoms. The van der Waals surface area contributed by atoms with E-state index in [-0.39, 0.29) is 17.4 Å². The quantitative estimate of drug-likeness (QED) is 0.481. The van der Waals surface area contributed by atoms with Crippen molar-refractivity contribution < 1.29 is 23.9 Å². The average Bonchev–Trinajstić information content (AvgIpc) is 3.15. The maximum Gasteiger partial charge on any atom is 0.294 e. The lowest BCUT2D eigenvalue weighted by Crippen LogP contribution is -2.46. The molecule has 2 aliphatic rings. The minimum Gasteiger partial charge on any atom is -0.488 e. The molecule has 0 atom stereocenters. The summed E-state index contributed by atoms with van der Waals surface area (Å²) in [7, 11) is 0. The number of hydrogen-bond acceptors (Lipinski definition) is 6. The summed E-state index contributed by atoms with van der Waals surface area (Å²) in [5.74, 6) is -0.112. The Morgan fingerprint density at radius 3 is 2.54 bits per heavy atom. The van der Waals surface area contributed by atoms with E-state index in [4.69, 9.17) is 9.47 Å². The van der Waals surface area contributed by atoms with Crippen molar-refractivity contribution in [3.8, 4) is 5.75 Å². The molecular formula is C27H24N2O5S. The molecule has 2 fully saturated rings. The summed E-state index contributed by atoms with van der Waals surface area (Å²) in [5, 5.41) is 1.86. The summed E-state index contributed by atoms with van der Waals surface area (Å²) < 4.78 is 11.3. The van der Waals surface area contributed by atoms with Crippen molar-refractivity contribution in [2.45, 2.75) is 6.61 Å². The molecule has 3 aromatic carbocycles. The predicted molar refractivity (Wildman–Crippen MR) is 135 cm³/mol. The molecule has 0 spiro atoms. The number of benzene rings is 3. The maximum absolute atomic E-state index is 12.9. The predicted octanol–water partition coefficient (Wildman–Crippen LogP) is 4.31. The SMILES string of the molecule is O=C(CN1C(=O)S/C(=C/c2ccccc2OCc2ccc3ccccc3c2)C1=O)N1CCOCC1. The van der Waals surface area contributed by atoms with E-state index in [2.05, 4.69) is 24.3 Å². The van der Waals surface area contributed by atoms with Crippen LogP contribution in [-0.4, -0.2) is 59.7 Å². The zero-order chi connectivity index (χ0) is 24.2. The van der Waals surface area contributed by atoms with Gasteiger partial charge < -0.3 is 14.4 Å². The van der Waals surface area contributed by atoms with E-state index in [0.29, 0.717) is 44.2 Å². The maximum atomic E-state index is 12.9. The molecule has 0 bridgehead atoms. The average molecular weight is 489 g/mol. The van der Waals surface area contributed by atoms with Crippen LogP contribution in [0.25, 0.3) is 16.8 Å². The Kier molecular flexibility index (Phi) is 6.83. The Balaban J connectivity index is 1.29. The van der Waals surface area contributed by atoms with Gasteiger partial charge in [0, 0.05) is 18.7 Å². The molecule has 3 amide bonds. The monoisotopic (exact) mass is 488 g/mol. The van der Waals surface area contributed by atoms with Gasteiger partial charge in [-0.2, -0.15) is 0 Å². The largest absolute Gasteiger partial charge is 0.488 e. The third kappa shape index (κ3) is 5.23. The Morgan fingerprint density at radius 2 is 1.71 bits per heavy atom. The Hall–Kier alpha value is -3.62. The van der Waals surface area contributed by atoms with E-state index in [1.54, 1.807) is 11.0 Å². The van der Waals surface area contributed by atoms with Gasteiger partial charge in [-0.3, -0.25) is 19.3 Å². The molecule has 2 saturated heterocycles. The van der Waals surface area contributed by atoms with Crippen LogP contribution in [0.2, 0.25) is 0 Å². The molecule has 0 saturated carbocycles. The van der Waals surface area contributed by atoms with Crippen molar-refractivity contribution in [2.24, 2.45) is 0 Å². The summed E-state index contributed by atoms with van der Waals surface area (Å²) in [5.41, 5.74) is 1.72. The molecule has 3 aromatic rings. The first kappa shape index (κ1) is 23.1. The van der Waals surface area contributed by atoms with Crippen molar-refractivity contribution >= 4 is 45.7 Å². The topological polar surface area (TPSA) is 76.2 Å². The summed E-state index contributed by atoms with van der Waals surface area (Å²) in [4.78, 5) is 40.9. The minimum absolute atomic E-state index is 0.254. The molecular weight excluding hydrogens is 464 g/mol. The molecule has 0 radical (unpaired) electrons. The van der Waals surface area contributed by atoms with Crippen molar-refractivity contribution in [1.29, 1.82) is 0 Å². The Labute approximate surface area is 207 Å². The normalized spacial score (nSPS) is 17.4. The van der Waals surface area contributed by atoms with Crippen molar-refractivity contribution in [3.05, 3.63) is 82.8 Å². The van der Waals surface area contributed by atoms with Crippen LogP contribution in [0.3, 0.4) is 0 Å². The molecule has 0 aromatic heterocycles. The van der Waals surface area contributed by atoms with Gasteiger partial charge in [0.2, 0.25) is 5.91 Å². The molecule has 178 valence electrons. The highest BCUT2D eigenvalue weighted by Crippen LogP contribution is 2.34. The fraction of sp³-hybridized carbons (Fsp3) is 0.222. The molecule has 2 aliphatic heterocycles. The van der Waals surface area contributed by atoms with Crippen LogP contribution in [0.1, 0.15) is 11.1 Å². The van der Waals surface area contributed by atoms with E-state index in [9.17, 15) is 14.4 Å². The third-order valence-electron chi connectivity index (χ3n) is 5.94. The lowest BCUT2D eigenvalue weighted by atomic mass is 10.1. The van der Waals surface area contributed by atoms with Crippen LogP contribution in [0.5, 0.6) is 5.75 Å². The summed E-state index contributed by atoms with van der Waals surface area (Å²) in [6, 6.07) is 21.7. The van der Waals surface area contributed by atoms with Gasteiger partial charge in [-0.05, 0) is 46.3 Å². The Morgan fingerprint density at radius 1 is 0.971 bits per heavy atom. The summed E-state index contributed by atoms with van der Waals surface area (Å²) in [6.45, 7) is 1.96. The molecule has 2 heterocycles. The number of thioether (sulfide) groups is 1. The highest BCUT2D eigenvalue weighted by molar-refractivity contribution is 8.18. The molecule has 8 heteroatoms. The number of carbonyl (C=O) groups is 3. The second kappa shape index (κ2) is 10.3. The number of nitrogens with zero attached hydrogens (tertiary/aromatic N) is 2. The third-order valence-corrected chi connectivity index (χ3v) is 6.85. The smallest absolute Gasteiger partial charge is 0.294 e. The number of rotatable bonds is 6. The van der Waals surface area contributed by atoms with Crippen LogP contribution < -0.4 is 4.74 Å². The van der Waals surface area contributed by atoms with Crippen LogP contribution in [0.15, 0.2) is 71.6 Å². The highest BCUT2D eigenvalue weighted by atomic mass is 32.2. The molecule has 7 nitrogen and oxygen atoms in total. The number of ether oxygens (including phenoxy) is 2. The summed E-state index contributed by atoms with van der Waals surface area (Å²) >= 11 is 0.837. The minimum atomic E-state index is -0.467. The fourth-order valence-corrected chi connectivity index (χ4v) is 4.88. The lowest BCUT2D eigenvalue weighted by Gasteiger charge is -2.28. The van der Waals surface area contributed by atoms with Crippen LogP contribution in [0, 0.1) is 0 Å². The molecule has 0 unspecified atom stereocenters. The first-order chi connectivity index (χ1) is 17.1. The highest BCUT2D eigenvalue weighted by Gasteiger charge is 2.37. The van der Waals surface area contributed by atoms with Gasteiger partial charge in [-0.1, -0.05) is 54.6 Å². The van der Waals surface area contributed by atoms with Gasteiger partial charge in [0.1, 0.15) is 18.9 Å². The standard InChI is InChI=1S/C27H24N2O5S/c30-25(28-11-13-33-14-12-28)17-29-26(31)24(35-27(29)32)16-22-7-3-4-8-23(22)34-18-19-9-10-20-5-1-2-6-21(20)15-19/h1-10,15-16H,11-14,17-18H2/b24-16+. The van der Waals surface area contributed by atoms with E-state index >= 15 is 0 Å². The van der Waals surface area contributed by atoms with Crippen LogP contribution in [0.4, 0.5) is 4.79 Å². The number of para-hydroxylation sites is 1. The number of imide groups is 1. The Bertz CT molecular complexity index is 1320. The summed E-state index contributed by atoms with van der Waals surface area (Å²) in [6.07, 6.45) is 1.65. The van der Waals surface area contributed by atoms with Gasteiger partial charge in [0.15, 0.2) is 0 Å². The number of fused-ring (bicyclic) bond motifs is 1. The van der Waals surface area contributed by atoms with Gasteiger partial charge in [-0.15, -0.1) is 0 Å².